The Morgan fingerprint density at radius 2 is 2.14 bits per heavy atom. The molecule has 0 aromatic rings. The van der Waals surface area contributed by atoms with Gasteiger partial charge in [0.05, 0.1) is 6.10 Å². The highest BCUT2D eigenvalue weighted by Gasteiger charge is 2.23. The summed E-state index contributed by atoms with van der Waals surface area (Å²) >= 11 is 0. The van der Waals surface area contributed by atoms with Gasteiger partial charge in [0.25, 0.3) is 0 Å². The van der Waals surface area contributed by atoms with Gasteiger partial charge >= 0.3 is 0 Å². The van der Waals surface area contributed by atoms with Crippen molar-refractivity contribution >= 4 is 0 Å². The molecule has 3 atom stereocenters. The van der Waals surface area contributed by atoms with Crippen LogP contribution in [0, 0.1) is 11.8 Å². The summed E-state index contributed by atoms with van der Waals surface area (Å²) in [6.45, 7) is 8.43. The molecular weight excluding hydrogens is 176 g/mol. The van der Waals surface area contributed by atoms with Gasteiger partial charge in [0, 0.05) is 19.6 Å². The quantitative estimate of drug-likeness (QED) is 0.695. The molecule has 3 heteroatoms. The van der Waals surface area contributed by atoms with E-state index in [-0.39, 0.29) is 6.10 Å². The minimum Gasteiger partial charge on any atom is -0.390 e. The molecule has 0 spiro atoms. The second-order valence-electron chi connectivity index (χ2n) is 4.71. The zero-order valence-electron chi connectivity index (χ0n) is 9.66. The number of likely N-dealkylation sites (N-methyl/N-ethyl adjacent to an activating group) is 1. The van der Waals surface area contributed by atoms with E-state index in [1.165, 1.54) is 6.42 Å². The molecule has 0 aromatic heterocycles. The summed E-state index contributed by atoms with van der Waals surface area (Å²) in [5.41, 5.74) is 0. The number of aliphatic hydroxyl groups excluding tert-OH is 1. The maximum atomic E-state index is 9.65. The minimum atomic E-state index is -0.222. The van der Waals surface area contributed by atoms with Crippen LogP contribution in [-0.4, -0.2) is 49.3 Å². The molecule has 0 aromatic carbocycles. The molecule has 0 radical (unpaired) electrons. The molecule has 0 amide bonds. The monoisotopic (exact) mass is 200 g/mol. The number of piperidine rings is 1. The van der Waals surface area contributed by atoms with Gasteiger partial charge < -0.3 is 15.3 Å². The smallest absolute Gasteiger partial charge is 0.0791 e. The van der Waals surface area contributed by atoms with Crippen LogP contribution in [0.25, 0.3) is 0 Å². The van der Waals surface area contributed by atoms with Crippen molar-refractivity contribution in [1.29, 1.82) is 0 Å². The fourth-order valence-corrected chi connectivity index (χ4v) is 2.11. The molecule has 2 N–H and O–H groups in total. The van der Waals surface area contributed by atoms with E-state index in [9.17, 15) is 5.11 Å². The Bertz CT molecular complexity index is 163. The molecule has 1 heterocycles. The van der Waals surface area contributed by atoms with E-state index in [1.807, 2.05) is 7.05 Å². The lowest BCUT2D eigenvalue weighted by atomic mass is 9.88. The maximum Gasteiger partial charge on any atom is 0.0791 e. The summed E-state index contributed by atoms with van der Waals surface area (Å²) in [6.07, 6.45) is 1.05. The van der Waals surface area contributed by atoms with Crippen LogP contribution in [0.3, 0.4) is 0 Å². The van der Waals surface area contributed by atoms with Crippen LogP contribution in [0.15, 0.2) is 0 Å². The standard InChI is InChI=1S/C11H24N2O/c1-9-4-5-13(7-10(9)2)8-11(14)6-12-3/h9-12,14H,4-8H2,1-3H3. The first kappa shape index (κ1) is 12.0. The summed E-state index contributed by atoms with van der Waals surface area (Å²) in [4.78, 5) is 2.38. The largest absolute Gasteiger partial charge is 0.390 e. The SMILES string of the molecule is CNCC(O)CN1CCC(C)C(C)C1. The molecule has 1 saturated heterocycles. The first-order chi connectivity index (χ1) is 6.63. The van der Waals surface area contributed by atoms with Crippen LogP contribution >= 0.6 is 0 Å². The van der Waals surface area contributed by atoms with Crippen molar-refractivity contribution in [1.82, 2.24) is 10.2 Å². The van der Waals surface area contributed by atoms with E-state index in [0.29, 0.717) is 6.54 Å². The Kier molecular flexibility index (Phi) is 4.85. The molecule has 1 rings (SSSR count). The lowest BCUT2D eigenvalue weighted by molar-refractivity contribution is 0.0714. The number of nitrogens with zero attached hydrogens (tertiary/aromatic N) is 1. The van der Waals surface area contributed by atoms with Gasteiger partial charge in [0.2, 0.25) is 0 Å². The molecule has 1 aliphatic rings. The third-order valence-corrected chi connectivity index (χ3v) is 3.33. The van der Waals surface area contributed by atoms with E-state index >= 15 is 0 Å². The average Bonchev–Trinajstić information content (AvgIpc) is 2.12. The van der Waals surface area contributed by atoms with Crippen molar-refractivity contribution in [2.24, 2.45) is 11.8 Å². The lowest BCUT2D eigenvalue weighted by Crippen LogP contribution is -2.44. The lowest BCUT2D eigenvalue weighted by Gasteiger charge is -2.36. The van der Waals surface area contributed by atoms with Crippen molar-refractivity contribution in [3.63, 3.8) is 0 Å². The molecule has 0 saturated carbocycles. The molecule has 1 aliphatic heterocycles. The highest BCUT2D eigenvalue weighted by Crippen LogP contribution is 2.22. The van der Waals surface area contributed by atoms with E-state index in [4.69, 9.17) is 0 Å². The summed E-state index contributed by atoms with van der Waals surface area (Å²) in [5.74, 6) is 1.61. The van der Waals surface area contributed by atoms with Gasteiger partial charge in [-0.1, -0.05) is 13.8 Å². The highest BCUT2D eigenvalue weighted by atomic mass is 16.3. The average molecular weight is 200 g/mol. The number of hydrogen-bond donors (Lipinski definition) is 2. The second kappa shape index (κ2) is 5.69. The molecule has 84 valence electrons. The van der Waals surface area contributed by atoms with Crippen LogP contribution in [-0.2, 0) is 0 Å². The maximum absolute atomic E-state index is 9.65. The fourth-order valence-electron chi connectivity index (χ4n) is 2.11. The van der Waals surface area contributed by atoms with Gasteiger partial charge in [-0.15, -0.1) is 0 Å². The summed E-state index contributed by atoms with van der Waals surface area (Å²) < 4.78 is 0. The Hall–Kier alpha value is -0.120. The number of rotatable bonds is 4. The molecule has 14 heavy (non-hydrogen) atoms. The Morgan fingerprint density at radius 1 is 1.43 bits per heavy atom. The Labute approximate surface area is 87.5 Å². The molecular formula is C11H24N2O. The zero-order valence-corrected chi connectivity index (χ0v) is 9.66. The van der Waals surface area contributed by atoms with E-state index < -0.39 is 0 Å². The van der Waals surface area contributed by atoms with Gasteiger partial charge in [-0.3, -0.25) is 0 Å². The zero-order chi connectivity index (χ0) is 10.6. The van der Waals surface area contributed by atoms with Crippen molar-refractivity contribution in [3.8, 4) is 0 Å². The third kappa shape index (κ3) is 3.56. The summed E-state index contributed by atoms with van der Waals surface area (Å²) in [7, 11) is 1.88. The Morgan fingerprint density at radius 3 is 2.71 bits per heavy atom. The van der Waals surface area contributed by atoms with Crippen LogP contribution in [0.4, 0.5) is 0 Å². The predicted molar refractivity (Wildman–Crippen MR) is 59.3 cm³/mol. The summed E-state index contributed by atoms with van der Waals surface area (Å²) in [5, 5.41) is 12.6. The number of aliphatic hydroxyl groups is 1. The number of likely N-dealkylation sites (tertiary alicyclic amines) is 1. The number of β-amino-alcohol motifs (C(OH)–C–C–N with tert-alkyl or cyclic N) is 1. The van der Waals surface area contributed by atoms with E-state index in [0.717, 1.165) is 31.5 Å². The predicted octanol–water partition coefficient (Wildman–Crippen LogP) is 0.545. The first-order valence-electron chi connectivity index (χ1n) is 5.68. The van der Waals surface area contributed by atoms with Gasteiger partial charge in [-0.2, -0.15) is 0 Å². The molecule has 1 fully saturated rings. The molecule has 3 unspecified atom stereocenters. The van der Waals surface area contributed by atoms with Gasteiger partial charge in [0.15, 0.2) is 0 Å². The highest BCUT2D eigenvalue weighted by molar-refractivity contribution is 4.77. The Balaban J connectivity index is 2.25. The second-order valence-corrected chi connectivity index (χ2v) is 4.71. The van der Waals surface area contributed by atoms with Crippen LogP contribution < -0.4 is 5.32 Å². The normalized spacial score (nSPS) is 31.7. The third-order valence-electron chi connectivity index (χ3n) is 3.33. The van der Waals surface area contributed by atoms with Gasteiger partial charge in [0.1, 0.15) is 0 Å². The molecule has 0 bridgehead atoms. The van der Waals surface area contributed by atoms with Crippen LogP contribution in [0.5, 0.6) is 0 Å². The number of hydrogen-bond acceptors (Lipinski definition) is 3. The van der Waals surface area contributed by atoms with Gasteiger partial charge in [-0.25, -0.2) is 0 Å². The molecule has 0 aliphatic carbocycles. The van der Waals surface area contributed by atoms with E-state index in [2.05, 4.69) is 24.1 Å². The van der Waals surface area contributed by atoms with Crippen molar-refractivity contribution in [3.05, 3.63) is 0 Å². The van der Waals surface area contributed by atoms with Crippen molar-refractivity contribution in [2.75, 3.05) is 33.2 Å². The van der Waals surface area contributed by atoms with Crippen molar-refractivity contribution in [2.45, 2.75) is 26.4 Å². The molecule has 3 nitrogen and oxygen atoms in total. The van der Waals surface area contributed by atoms with Gasteiger partial charge in [-0.05, 0) is 31.8 Å². The van der Waals surface area contributed by atoms with Crippen LogP contribution in [0.2, 0.25) is 0 Å². The minimum absolute atomic E-state index is 0.222. The summed E-state index contributed by atoms with van der Waals surface area (Å²) in [6, 6.07) is 0. The number of nitrogens with one attached hydrogen (secondary N) is 1. The van der Waals surface area contributed by atoms with Crippen molar-refractivity contribution < 1.29 is 5.11 Å². The topological polar surface area (TPSA) is 35.5 Å². The van der Waals surface area contributed by atoms with E-state index in [1.54, 1.807) is 0 Å². The fraction of sp³-hybridized carbons (Fsp3) is 1.00. The van der Waals surface area contributed by atoms with Crippen LogP contribution in [0.1, 0.15) is 20.3 Å². The first-order valence-corrected chi connectivity index (χ1v) is 5.68.